The third-order valence-corrected chi connectivity index (χ3v) is 5.83. The molecular weight excluding hydrogens is 419 g/mol. The van der Waals surface area contributed by atoms with Crippen LogP contribution < -0.4 is 5.32 Å². The van der Waals surface area contributed by atoms with Gasteiger partial charge in [0.2, 0.25) is 0 Å². The van der Waals surface area contributed by atoms with E-state index in [1.54, 1.807) is 6.07 Å². The average molecular weight is 429 g/mol. The molecule has 3 rings (SSSR count). The number of hydrogen-bond donors (Lipinski definition) is 1. The Morgan fingerprint density at radius 1 is 1.00 bits per heavy atom. The molecule has 0 aliphatic carbocycles. The number of nitro benzene ring substituents is 2. The number of nitrogens with one attached hydrogen (secondary N) is 1. The van der Waals surface area contributed by atoms with Crippen molar-refractivity contribution in [1.29, 1.82) is 0 Å². The van der Waals surface area contributed by atoms with Crippen LogP contribution in [0.2, 0.25) is 0 Å². The zero-order valence-electron chi connectivity index (χ0n) is 13.7. The van der Waals surface area contributed by atoms with Gasteiger partial charge in [-0.3, -0.25) is 20.2 Å². The molecular formula is C16H10F3N3O4S2. The maximum atomic E-state index is 12.9. The first-order valence-electron chi connectivity index (χ1n) is 7.57. The Hall–Kier alpha value is -2.99. The van der Waals surface area contributed by atoms with E-state index in [4.69, 9.17) is 0 Å². The quantitative estimate of drug-likeness (QED) is 0.387. The first-order chi connectivity index (χ1) is 13.2. The Kier molecular flexibility index (Phi) is 5.34. The van der Waals surface area contributed by atoms with E-state index in [1.165, 1.54) is 22.7 Å². The Labute approximate surface area is 163 Å². The Morgan fingerprint density at radius 3 is 2.14 bits per heavy atom. The molecule has 1 aromatic carbocycles. The van der Waals surface area contributed by atoms with E-state index in [0.29, 0.717) is 17.0 Å². The molecule has 7 nitrogen and oxygen atoms in total. The smallest absolute Gasteiger partial charge is 0.369 e. The molecule has 146 valence electrons. The number of nitro groups is 2. The molecule has 0 radical (unpaired) electrons. The van der Waals surface area contributed by atoms with Crippen molar-refractivity contribution in [3.8, 4) is 9.75 Å². The number of nitrogens with zero attached hydrogens (tertiary/aromatic N) is 2. The molecule has 0 saturated carbocycles. The molecule has 2 heterocycles. The molecule has 0 atom stereocenters. The van der Waals surface area contributed by atoms with Crippen LogP contribution in [0.15, 0.2) is 41.8 Å². The number of hydrogen-bond acceptors (Lipinski definition) is 7. The van der Waals surface area contributed by atoms with E-state index >= 15 is 0 Å². The maximum Gasteiger partial charge on any atom is 0.416 e. The molecule has 0 amide bonds. The molecule has 1 N–H and O–H groups in total. The molecule has 2 aromatic heterocycles. The summed E-state index contributed by atoms with van der Waals surface area (Å²) in [5.41, 5.74) is -4.02. The van der Waals surface area contributed by atoms with E-state index in [0.717, 1.165) is 9.75 Å². The number of alkyl halides is 3. The van der Waals surface area contributed by atoms with Gasteiger partial charge in [-0.05, 0) is 23.6 Å². The van der Waals surface area contributed by atoms with Gasteiger partial charge in [0.1, 0.15) is 0 Å². The fourth-order valence-electron chi connectivity index (χ4n) is 2.44. The summed E-state index contributed by atoms with van der Waals surface area (Å²) >= 11 is 2.90. The van der Waals surface area contributed by atoms with Crippen molar-refractivity contribution in [3.63, 3.8) is 0 Å². The number of anilines is 1. The van der Waals surface area contributed by atoms with Crippen molar-refractivity contribution < 1.29 is 23.0 Å². The highest BCUT2D eigenvalue weighted by Crippen LogP contribution is 2.41. The highest BCUT2D eigenvalue weighted by molar-refractivity contribution is 7.21. The predicted octanol–water partition coefficient (Wildman–Crippen LogP) is 5.92. The SMILES string of the molecule is O=[N+]([O-])c1cc(C(F)(F)F)cc([N+](=O)[O-])c1NCc1ccc(-c2cccs2)s1. The fourth-order valence-corrected chi connectivity index (χ4v) is 4.23. The molecule has 28 heavy (non-hydrogen) atoms. The Bertz CT molecular complexity index is 997. The molecule has 0 fully saturated rings. The molecule has 3 aromatic rings. The summed E-state index contributed by atoms with van der Waals surface area (Å²) in [6.07, 6.45) is -4.95. The standard InChI is InChI=1S/C16H10F3N3O4S2/c17-16(18,19)9-6-11(21(23)24)15(12(7-9)22(25)26)20-8-10-3-4-14(28-10)13-2-1-5-27-13/h1-7,20H,8H2. The van der Waals surface area contributed by atoms with Crippen molar-refractivity contribution in [2.24, 2.45) is 0 Å². The predicted molar refractivity (Wildman–Crippen MR) is 99.7 cm³/mol. The first kappa shape index (κ1) is 19.8. The minimum atomic E-state index is -4.95. The molecule has 0 bridgehead atoms. The monoisotopic (exact) mass is 429 g/mol. The zero-order valence-corrected chi connectivity index (χ0v) is 15.4. The highest BCUT2D eigenvalue weighted by Gasteiger charge is 2.37. The van der Waals surface area contributed by atoms with Crippen LogP contribution >= 0.6 is 22.7 Å². The van der Waals surface area contributed by atoms with Gasteiger partial charge in [0.25, 0.3) is 11.4 Å². The molecule has 12 heteroatoms. The third-order valence-electron chi connectivity index (χ3n) is 3.68. The summed E-state index contributed by atoms with van der Waals surface area (Å²) in [6.45, 7) is -0.0108. The summed E-state index contributed by atoms with van der Waals surface area (Å²) in [6, 6.07) is 7.96. The van der Waals surface area contributed by atoms with Crippen LogP contribution in [0.1, 0.15) is 10.4 Å². The van der Waals surface area contributed by atoms with E-state index in [9.17, 15) is 33.4 Å². The second kappa shape index (κ2) is 7.56. The van der Waals surface area contributed by atoms with Gasteiger partial charge >= 0.3 is 6.18 Å². The van der Waals surface area contributed by atoms with Crippen LogP contribution in [0.4, 0.5) is 30.2 Å². The Balaban J connectivity index is 1.94. The van der Waals surface area contributed by atoms with Crippen LogP contribution in [0.5, 0.6) is 0 Å². The number of halogens is 3. The minimum absolute atomic E-state index is 0.0108. The molecule has 0 aliphatic heterocycles. The van der Waals surface area contributed by atoms with E-state index in [-0.39, 0.29) is 6.54 Å². The topological polar surface area (TPSA) is 98.3 Å². The largest absolute Gasteiger partial charge is 0.416 e. The Morgan fingerprint density at radius 2 is 1.64 bits per heavy atom. The van der Waals surface area contributed by atoms with Gasteiger partial charge < -0.3 is 5.32 Å². The summed E-state index contributed by atoms with van der Waals surface area (Å²) in [5.74, 6) is 0. The normalized spacial score (nSPS) is 11.4. The van der Waals surface area contributed by atoms with Crippen molar-refractivity contribution in [1.82, 2.24) is 0 Å². The molecule has 0 aliphatic rings. The summed E-state index contributed by atoms with van der Waals surface area (Å²) in [5, 5.41) is 26.9. The molecule has 0 saturated heterocycles. The van der Waals surface area contributed by atoms with E-state index in [2.05, 4.69) is 5.32 Å². The lowest BCUT2D eigenvalue weighted by Crippen LogP contribution is -2.10. The number of benzene rings is 1. The molecule has 0 unspecified atom stereocenters. The van der Waals surface area contributed by atoms with Gasteiger partial charge in [-0.25, -0.2) is 0 Å². The lowest BCUT2D eigenvalue weighted by Gasteiger charge is -2.11. The third kappa shape index (κ3) is 4.12. The summed E-state index contributed by atoms with van der Waals surface area (Å²) in [7, 11) is 0. The van der Waals surface area contributed by atoms with Crippen LogP contribution in [0.3, 0.4) is 0 Å². The summed E-state index contributed by atoms with van der Waals surface area (Å²) < 4.78 is 38.8. The van der Waals surface area contributed by atoms with E-state index < -0.39 is 38.6 Å². The van der Waals surface area contributed by atoms with Crippen LogP contribution in [0.25, 0.3) is 9.75 Å². The van der Waals surface area contributed by atoms with Gasteiger partial charge in [-0.15, -0.1) is 22.7 Å². The first-order valence-corrected chi connectivity index (χ1v) is 9.27. The van der Waals surface area contributed by atoms with Gasteiger partial charge in [0, 0.05) is 33.3 Å². The minimum Gasteiger partial charge on any atom is -0.369 e. The lowest BCUT2D eigenvalue weighted by atomic mass is 10.1. The average Bonchev–Trinajstić information content (AvgIpc) is 3.29. The highest BCUT2D eigenvalue weighted by atomic mass is 32.1. The second-order valence-corrected chi connectivity index (χ2v) is 7.61. The van der Waals surface area contributed by atoms with Crippen LogP contribution in [-0.2, 0) is 12.7 Å². The van der Waals surface area contributed by atoms with Crippen molar-refractivity contribution in [2.45, 2.75) is 12.7 Å². The van der Waals surface area contributed by atoms with Gasteiger partial charge in [0.15, 0.2) is 5.69 Å². The van der Waals surface area contributed by atoms with Gasteiger partial charge in [0.05, 0.1) is 15.4 Å². The summed E-state index contributed by atoms with van der Waals surface area (Å²) in [4.78, 5) is 23.0. The number of thiophene rings is 2. The van der Waals surface area contributed by atoms with E-state index in [1.807, 2.05) is 23.6 Å². The second-order valence-electron chi connectivity index (χ2n) is 5.50. The fraction of sp³-hybridized carbons (Fsp3) is 0.125. The van der Waals surface area contributed by atoms with Crippen LogP contribution in [-0.4, -0.2) is 9.85 Å². The zero-order chi connectivity index (χ0) is 20.5. The van der Waals surface area contributed by atoms with Crippen molar-refractivity contribution in [3.05, 3.63) is 72.4 Å². The lowest BCUT2D eigenvalue weighted by molar-refractivity contribution is -0.392. The van der Waals surface area contributed by atoms with Crippen LogP contribution in [0, 0.1) is 20.2 Å². The molecule has 0 spiro atoms. The number of rotatable bonds is 6. The maximum absolute atomic E-state index is 12.9. The van der Waals surface area contributed by atoms with Gasteiger partial charge in [-0.2, -0.15) is 13.2 Å². The van der Waals surface area contributed by atoms with Gasteiger partial charge in [-0.1, -0.05) is 6.07 Å². The van der Waals surface area contributed by atoms with Crippen molar-refractivity contribution in [2.75, 3.05) is 5.32 Å². The van der Waals surface area contributed by atoms with Crippen molar-refractivity contribution >= 4 is 39.7 Å².